The maximum Gasteiger partial charge on any atom is 0.220 e. The van der Waals surface area contributed by atoms with Crippen LogP contribution in [0.25, 0.3) is 0 Å². The Kier molecular flexibility index (Phi) is 6.67. The zero-order chi connectivity index (χ0) is 17.6. The van der Waals surface area contributed by atoms with E-state index in [2.05, 4.69) is 60.6 Å². The van der Waals surface area contributed by atoms with Crippen molar-refractivity contribution in [2.75, 3.05) is 31.6 Å². The van der Waals surface area contributed by atoms with E-state index in [0.29, 0.717) is 12.5 Å². The third-order valence-electron chi connectivity index (χ3n) is 4.79. The highest BCUT2D eigenvalue weighted by Gasteiger charge is 2.21. The van der Waals surface area contributed by atoms with Gasteiger partial charge in [-0.25, -0.2) is 0 Å². The summed E-state index contributed by atoms with van der Waals surface area (Å²) in [5.74, 6) is 0.193. The Balaban J connectivity index is 1.79. The minimum absolute atomic E-state index is 0.193. The maximum absolute atomic E-state index is 11.9. The molecule has 0 bridgehead atoms. The van der Waals surface area contributed by atoms with E-state index in [0.717, 1.165) is 38.9 Å². The number of carbonyl (C=O) groups excluding carboxylic acids is 1. The summed E-state index contributed by atoms with van der Waals surface area (Å²) in [5.41, 5.74) is 2.86. The molecule has 134 valence electrons. The molecule has 1 aromatic carbocycles. The third-order valence-corrected chi connectivity index (χ3v) is 4.79. The monoisotopic (exact) mass is 331 g/mol. The Morgan fingerprint density at radius 3 is 2.33 bits per heavy atom. The Morgan fingerprint density at radius 1 is 1.17 bits per heavy atom. The van der Waals surface area contributed by atoms with Gasteiger partial charge in [0, 0.05) is 31.2 Å². The highest BCUT2D eigenvalue weighted by Crippen LogP contribution is 2.26. The van der Waals surface area contributed by atoms with Crippen LogP contribution in [0.3, 0.4) is 0 Å². The van der Waals surface area contributed by atoms with Gasteiger partial charge in [-0.2, -0.15) is 0 Å². The van der Waals surface area contributed by atoms with Crippen LogP contribution < -0.4 is 15.5 Å². The summed E-state index contributed by atoms with van der Waals surface area (Å²) >= 11 is 0. The first-order chi connectivity index (χ1) is 11.4. The van der Waals surface area contributed by atoms with Gasteiger partial charge in [-0.1, -0.05) is 32.9 Å². The standard InChI is InChI=1S/C20H33N3O/c1-20(2,3)16-7-9-18(10-8-16)23-14-11-17(12-15-23)22-19(24)6-5-13-21-4/h7-10,17,21H,5-6,11-15H2,1-4H3,(H,22,24). The number of benzene rings is 1. The molecule has 2 N–H and O–H groups in total. The molecule has 2 rings (SSSR count). The van der Waals surface area contributed by atoms with Crippen molar-refractivity contribution in [3.05, 3.63) is 29.8 Å². The number of hydrogen-bond donors (Lipinski definition) is 2. The lowest BCUT2D eigenvalue weighted by Crippen LogP contribution is -2.44. The number of rotatable bonds is 6. The average Bonchev–Trinajstić information content (AvgIpc) is 2.55. The quantitative estimate of drug-likeness (QED) is 0.788. The van der Waals surface area contributed by atoms with Gasteiger partial charge in [-0.05, 0) is 56.0 Å². The lowest BCUT2D eigenvalue weighted by atomic mass is 9.87. The van der Waals surface area contributed by atoms with Gasteiger partial charge in [0.15, 0.2) is 0 Å². The fourth-order valence-corrected chi connectivity index (χ4v) is 3.18. The molecule has 4 nitrogen and oxygen atoms in total. The number of nitrogens with one attached hydrogen (secondary N) is 2. The minimum atomic E-state index is 0.193. The molecule has 0 atom stereocenters. The fraction of sp³-hybridized carbons (Fsp3) is 0.650. The van der Waals surface area contributed by atoms with E-state index in [1.807, 2.05) is 7.05 Å². The Morgan fingerprint density at radius 2 is 1.79 bits per heavy atom. The lowest BCUT2D eigenvalue weighted by Gasteiger charge is -2.34. The lowest BCUT2D eigenvalue weighted by molar-refractivity contribution is -0.122. The number of carbonyl (C=O) groups is 1. The molecule has 0 aliphatic carbocycles. The molecule has 4 heteroatoms. The Hall–Kier alpha value is -1.55. The van der Waals surface area contributed by atoms with E-state index in [-0.39, 0.29) is 11.3 Å². The molecule has 1 heterocycles. The average molecular weight is 332 g/mol. The molecule has 1 amide bonds. The first kappa shape index (κ1) is 18.8. The number of piperidine rings is 1. The van der Waals surface area contributed by atoms with Crippen LogP contribution in [-0.4, -0.2) is 38.6 Å². The van der Waals surface area contributed by atoms with Crippen molar-refractivity contribution in [3.63, 3.8) is 0 Å². The molecular formula is C20H33N3O. The van der Waals surface area contributed by atoms with Crippen LogP contribution in [0.1, 0.15) is 52.0 Å². The fourth-order valence-electron chi connectivity index (χ4n) is 3.18. The van der Waals surface area contributed by atoms with Crippen LogP contribution in [0, 0.1) is 0 Å². The van der Waals surface area contributed by atoms with E-state index in [9.17, 15) is 4.79 Å². The molecule has 1 aromatic rings. The van der Waals surface area contributed by atoms with E-state index in [1.54, 1.807) is 0 Å². The molecule has 24 heavy (non-hydrogen) atoms. The predicted octanol–water partition coefficient (Wildman–Crippen LogP) is 3.07. The first-order valence-corrected chi connectivity index (χ1v) is 9.19. The Labute approximate surface area is 147 Å². The van der Waals surface area contributed by atoms with Gasteiger partial charge in [0.1, 0.15) is 0 Å². The van der Waals surface area contributed by atoms with Crippen molar-refractivity contribution in [3.8, 4) is 0 Å². The number of anilines is 1. The van der Waals surface area contributed by atoms with E-state index >= 15 is 0 Å². The third kappa shape index (κ3) is 5.52. The van der Waals surface area contributed by atoms with Crippen LogP contribution in [0.5, 0.6) is 0 Å². The minimum Gasteiger partial charge on any atom is -0.371 e. The molecule has 1 fully saturated rings. The van der Waals surface area contributed by atoms with Crippen molar-refractivity contribution in [2.24, 2.45) is 0 Å². The van der Waals surface area contributed by atoms with Gasteiger partial charge in [0.25, 0.3) is 0 Å². The molecule has 0 unspecified atom stereocenters. The summed E-state index contributed by atoms with van der Waals surface area (Å²) in [7, 11) is 1.92. The molecule has 0 radical (unpaired) electrons. The van der Waals surface area contributed by atoms with Crippen molar-refractivity contribution in [2.45, 2.75) is 57.9 Å². The van der Waals surface area contributed by atoms with Gasteiger partial charge in [-0.15, -0.1) is 0 Å². The number of nitrogens with zero attached hydrogens (tertiary/aromatic N) is 1. The van der Waals surface area contributed by atoms with Crippen molar-refractivity contribution in [1.29, 1.82) is 0 Å². The van der Waals surface area contributed by atoms with Gasteiger partial charge in [-0.3, -0.25) is 4.79 Å². The summed E-state index contributed by atoms with van der Waals surface area (Å²) in [6.07, 6.45) is 3.58. The van der Waals surface area contributed by atoms with Crippen molar-refractivity contribution >= 4 is 11.6 Å². The first-order valence-electron chi connectivity index (χ1n) is 9.19. The van der Waals surface area contributed by atoms with E-state index < -0.39 is 0 Å². The molecule has 0 saturated carbocycles. The molecule has 0 aromatic heterocycles. The zero-order valence-corrected chi connectivity index (χ0v) is 15.7. The molecule has 1 saturated heterocycles. The highest BCUT2D eigenvalue weighted by molar-refractivity contribution is 5.76. The smallest absolute Gasteiger partial charge is 0.220 e. The molecule has 0 spiro atoms. The van der Waals surface area contributed by atoms with Crippen LogP contribution in [0.2, 0.25) is 0 Å². The van der Waals surface area contributed by atoms with Crippen LogP contribution in [0.15, 0.2) is 24.3 Å². The summed E-state index contributed by atoms with van der Waals surface area (Å²) in [6, 6.07) is 9.28. The molecular weight excluding hydrogens is 298 g/mol. The number of hydrogen-bond acceptors (Lipinski definition) is 3. The largest absolute Gasteiger partial charge is 0.371 e. The van der Waals surface area contributed by atoms with Crippen molar-refractivity contribution in [1.82, 2.24) is 10.6 Å². The second kappa shape index (κ2) is 8.52. The molecule has 1 aliphatic heterocycles. The van der Waals surface area contributed by atoms with Gasteiger partial charge in [0.05, 0.1) is 0 Å². The maximum atomic E-state index is 11.9. The second-order valence-corrected chi connectivity index (χ2v) is 7.83. The Bertz CT molecular complexity index is 511. The normalized spacial score (nSPS) is 16.2. The molecule has 1 aliphatic rings. The summed E-state index contributed by atoms with van der Waals surface area (Å²) in [5, 5.41) is 6.26. The summed E-state index contributed by atoms with van der Waals surface area (Å²) in [4.78, 5) is 14.3. The van der Waals surface area contributed by atoms with Gasteiger partial charge < -0.3 is 15.5 Å². The van der Waals surface area contributed by atoms with Crippen LogP contribution >= 0.6 is 0 Å². The van der Waals surface area contributed by atoms with E-state index in [4.69, 9.17) is 0 Å². The SMILES string of the molecule is CNCCCC(=O)NC1CCN(c2ccc(C(C)(C)C)cc2)CC1. The second-order valence-electron chi connectivity index (χ2n) is 7.83. The predicted molar refractivity (Wildman–Crippen MR) is 102 cm³/mol. The topological polar surface area (TPSA) is 44.4 Å². The highest BCUT2D eigenvalue weighted by atomic mass is 16.1. The summed E-state index contributed by atoms with van der Waals surface area (Å²) in [6.45, 7) is 9.65. The number of amides is 1. The van der Waals surface area contributed by atoms with Crippen molar-refractivity contribution < 1.29 is 4.79 Å². The van der Waals surface area contributed by atoms with E-state index in [1.165, 1.54) is 11.3 Å². The van der Waals surface area contributed by atoms with Gasteiger partial charge >= 0.3 is 0 Å². The zero-order valence-electron chi connectivity index (χ0n) is 15.7. The van der Waals surface area contributed by atoms with Crippen LogP contribution in [-0.2, 0) is 10.2 Å². The van der Waals surface area contributed by atoms with Crippen LogP contribution in [0.4, 0.5) is 5.69 Å². The van der Waals surface area contributed by atoms with Gasteiger partial charge in [0.2, 0.25) is 5.91 Å². The summed E-state index contributed by atoms with van der Waals surface area (Å²) < 4.78 is 0.